The van der Waals surface area contributed by atoms with Gasteiger partial charge in [0, 0.05) is 19.3 Å². The third kappa shape index (κ3) is 3.70. The normalized spacial score (nSPS) is 16.4. The molecule has 1 fully saturated rings. The lowest BCUT2D eigenvalue weighted by Crippen LogP contribution is -2.41. The number of rotatable bonds is 4. The highest BCUT2D eigenvalue weighted by molar-refractivity contribution is 9.10. The Labute approximate surface area is 126 Å². The third-order valence-corrected chi connectivity index (χ3v) is 4.28. The number of aromatic amines is 1. The number of carbonyl (C=O) groups excluding carboxylic acids is 1. The number of pyridine rings is 1. The van der Waals surface area contributed by atoms with Gasteiger partial charge in [-0.05, 0) is 53.8 Å². The molecule has 5 nitrogen and oxygen atoms in total. The van der Waals surface area contributed by atoms with Crippen LogP contribution in [0, 0.1) is 5.92 Å². The summed E-state index contributed by atoms with van der Waals surface area (Å²) in [6, 6.07) is 1.59. The molecule has 1 aromatic heterocycles. The monoisotopic (exact) mass is 341 g/mol. The Morgan fingerprint density at radius 2 is 2.20 bits per heavy atom. The molecule has 2 heterocycles. The summed E-state index contributed by atoms with van der Waals surface area (Å²) < 4.78 is 0.394. The fourth-order valence-electron chi connectivity index (χ4n) is 2.45. The van der Waals surface area contributed by atoms with Gasteiger partial charge in [-0.15, -0.1) is 0 Å². The van der Waals surface area contributed by atoms with Crippen molar-refractivity contribution in [1.82, 2.24) is 15.2 Å². The smallest absolute Gasteiger partial charge is 0.262 e. The molecule has 0 spiro atoms. The number of nitrogens with one attached hydrogen (secondary N) is 2. The number of H-pyrrole nitrogens is 1. The van der Waals surface area contributed by atoms with Gasteiger partial charge in [0.15, 0.2) is 0 Å². The van der Waals surface area contributed by atoms with Gasteiger partial charge in [-0.1, -0.05) is 6.92 Å². The summed E-state index contributed by atoms with van der Waals surface area (Å²) in [5.41, 5.74) is 0.313. The van der Waals surface area contributed by atoms with Crippen LogP contribution in [-0.4, -0.2) is 42.0 Å². The second-order valence-corrected chi connectivity index (χ2v) is 5.96. The first-order valence-corrected chi connectivity index (χ1v) is 7.79. The van der Waals surface area contributed by atoms with Crippen LogP contribution in [0.5, 0.6) is 0 Å². The highest BCUT2D eigenvalue weighted by atomic mass is 79.9. The van der Waals surface area contributed by atoms with Crippen molar-refractivity contribution in [3.05, 3.63) is 32.7 Å². The molecule has 0 bridgehead atoms. The molecule has 0 unspecified atom stereocenters. The highest BCUT2D eigenvalue weighted by Gasteiger charge is 2.23. The topological polar surface area (TPSA) is 65.2 Å². The molecule has 20 heavy (non-hydrogen) atoms. The summed E-state index contributed by atoms with van der Waals surface area (Å²) in [4.78, 5) is 28.1. The molecule has 110 valence electrons. The maximum Gasteiger partial charge on any atom is 0.262 e. The maximum absolute atomic E-state index is 12.4. The number of aromatic nitrogens is 1. The third-order valence-electron chi connectivity index (χ3n) is 3.69. The number of hydrogen-bond donors (Lipinski definition) is 2. The van der Waals surface area contributed by atoms with Crippen molar-refractivity contribution < 1.29 is 4.79 Å². The molecule has 6 heteroatoms. The van der Waals surface area contributed by atoms with Crippen LogP contribution in [0.3, 0.4) is 0 Å². The van der Waals surface area contributed by atoms with E-state index < -0.39 is 0 Å². The first-order chi connectivity index (χ1) is 9.61. The van der Waals surface area contributed by atoms with E-state index in [1.54, 1.807) is 6.07 Å². The first-order valence-electron chi connectivity index (χ1n) is 7.00. The van der Waals surface area contributed by atoms with E-state index in [1.165, 1.54) is 6.20 Å². The van der Waals surface area contributed by atoms with Gasteiger partial charge in [0.25, 0.3) is 11.5 Å². The van der Waals surface area contributed by atoms with Gasteiger partial charge in [0.05, 0.1) is 10.0 Å². The lowest BCUT2D eigenvalue weighted by molar-refractivity contribution is 0.0689. The van der Waals surface area contributed by atoms with Gasteiger partial charge in [0.1, 0.15) is 0 Å². The van der Waals surface area contributed by atoms with Crippen LogP contribution in [0.2, 0.25) is 0 Å². The van der Waals surface area contributed by atoms with E-state index in [4.69, 9.17) is 0 Å². The van der Waals surface area contributed by atoms with Crippen LogP contribution in [-0.2, 0) is 0 Å². The second kappa shape index (κ2) is 7.04. The van der Waals surface area contributed by atoms with Gasteiger partial charge in [-0.2, -0.15) is 0 Å². The minimum absolute atomic E-state index is 0.0103. The van der Waals surface area contributed by atoms with E-state index in [-0.39, 0.29) is 11.5 Å². The van der Waals surface area contributed by atoms with Crippen LogP contribution in [0.1, 0.15) is 30.1 Å². The summed E-state index contributed by atoms with van der Waals surface area (Å²) in [6.45, 7) is 5.69. The van der Waals surface area contributed by atoms with Gasteiger partial charge < -0.3 is 15.2 Å². The second-order valence-electron chi connectivity index (χ2n) is 5.11. The highest BCUT2D eigenvalue weighted by Crippen LogP contribution is 2.18. The van der Waals surface area contributed by atoms with E-state index in [9.17, 15) is 9.59 Å². The number of piperidine rings is 1. The van der Waals surface area contributed by atoms with Gasteiger partial charge >= 0.3 is 0 Å². The molecule has 0 atom stereocenters. The van der Waals surface area contributed by atoms with Crippen LogP contribution in [0.25, 0.3) is 0 Å². The number of halogens is 1. The Hall–Kier alpha value is -1.14. The SMILES string of the molecule is CCNCC1CCN(C(=O)c2c[nH]c(=O)c(Br)c2)CC1. The van der Waals surface area contributed by atoms with Crippen molar-refractivity contribution in [2.75, 3.05) is 26.2 Å². The van der Waals surface area contributed by atoms with E-state index in [0.717, 1.165) is 39.0 Å². The van der Waals surface area contributed by atoms with Crippen molar-refractivity contribution in [3.63, 3.8) is 0 Å². The van der Waals surface area contributed by atoms with Crippen LogP contribution in [0.4, 0.5) is 0 Å². The van der Waals surface area contributed by atoms with Crippen molar-refractivity contribution in [1.29, 1.82) is 0 Å². The van der Waals surface area contributed by atoms with E-state index in [1.807, 2.05) is 4.90 Å². The minimum atomic E-state index is -0.217. The Bertz CT molecular complexity index is 521. The molecule has 0 aromatic carbocycles. The Morgan fingerprint density at radius 3 is 2.80 bits per heavy atom. The molecule has 0 saturated carbocycles. The molecule has 1 aromatic rings. The quantitative estimate of drug-likeness (QED) is 0.874. The summed E-state index contributed by atoms with van der Waals surface area (Å²) in [6.07, 6.45) is 3.55. The summed E-state index contributed by atoms with van der Waals surface area (Å²) in [5, 5.41) is 3.36. The number of nitrogens with zero attached hydrogens (tertiary/aromatic N) is 1. The summed E-state index contributed by atoms with van der Waals surface area (Å²) in [7, 11) is 0. The van der Waals surface area contributed by atoms with Crippen LogP contribution < -0.4 is 10.9 Å². The molecule has 0 aliphatic carbocycles. The minimum Gasteiger partial charge on any atom is -0.339 e. The number of likely N-dealkylation sites (tertiary alicyclic amines) is 1. The Morgan fingerprint density at radius 1 is 1.50 bits per heavy atom. The average Bonchev–Trinajstić information content (AvgIpc) is 2.48. The predicted molar refractivity (Wildman–Crippen MR) is 81.9 cm³/mol. The predicted octanol–water partition coefficient (Wildman–Crippen LogP) is 1.60. The molecular formula is C14H20BrN3O2. The zero-order chi connectivity index (χ0) is 14.5. The summed E-state index contributed by atoms with van der Waals surface area (Å²) >= 11 is 3.15. The zero-order valence-electron chi connectivity index (χ0n) is 11.6. The van der Waals surface area contributed by atoms with Crippen molar-refractivity contribution >= 4 is 21.8 Å². The van der Waals surface area contributed by atoms with Crippen molar-refractivity contribution in [2.45, 2.75) is 19.8 Å². The maximum atomic E-state index is 12.4. The van der Waals surface area contributed by atoms with Gasteiger partial charge in [-0.3, -0.25) is 9.59 Å². The molecular weight excluding hydrogens is 322 g/mol. The molecule has 2 rings (SSSR count). The van der Waals surface area contributed by atoms with Crippen molar-refractivity contribution in [2.24, 2.45) is 5.92 Å². The lowest BCUT2D eigenvalue weighted by atomic mass is 9.96. The molecule has 1 aliphatic rings. The van der Waals surface area contributed by atoms with Crippen molar-refractivity contribution in [3.8, 4) is 0 Å². The number of hydrogen-bond acceptors (Lipinski definition) is 3. The van der Waals surface area contributed by atoms with E-state index >= 15 is 0 Å². The first kappa shape index (κ1) is 15.3. The molecule has 2 N–H and O–H groups in total. The van der Waals surface area contributed by atoms with E-state index in [2.05, 4.69) is 33.2 Å². The molecule has 1 saturated heterocycles. The molecule has 1 amide bonds. The van der Waals surface area contributed by atoms with Gasteiger partial charge in [0.2, 0.25) is 0 Å². The average molecular weight is 342 g/mol. The van der Waals surface area contributed by atoms with E-state index in [0.29, 0.717) is 16.0 Å². The zero-order valence-corrected chi connectivity index (χ0v) is 13.2. The Balaban J connectivity index is 1.94. The molecule has 1 aliphatic heterocycles. The number of carbonyl (C=O) groups is 1. The fourth-order valence-corrected chi connectivity index (χ4v) is 2.81. The van der Waals surface area contributed by atoms with Crippen LogP contribution >= 0.6 is 15.9 Å². The summed E-state index contributed by atoms with van der Waals surface area (Å²) in [5.74, 6) is 0.644. The molecule has 0 radical (unpaired) electrons. The lowest BCUT2D eigenvalue weighted by Gasteiger charge is -2.32. The standard InChI is InChI=1S/C14H20BrN3O2/c1-2-16-8-10-3-5-18(6-4-10)14(20)11-7-12(15)13(19)17-9-11/h7,9-10,16H,2-6,8H2,1H3,(H,17,19). The number of amides is 1. The van der Waals surface area contributed by atoms with Gasteiger partial charge in [-0.25, -0.2) is 0 Å². The Kier molecular flexibility index (Phi) is 5.37. The largest absolute Gasteiger partial charge is 0.339 e. The fraction of sp³-hybridized carbons (Fsp3) is 0.571. The van der Waals surface area contributed by atoms with Crippen LogP contribution in [0.15, 0.2) is 21.5 Å².